The lowest BCUT2D eigenvalue weighted by molar-refractivity contribution is 0.0588. The van der Waals surface area contributed by atoms with Gasteiger partial charge < -0.3 is 9.30 Å². The number of carbonyl (C=O) groups excluding carboxylic acids is 1. The first-order valence-corrected chi connectivity index (χ1v) is 7.47. The zero-order valence-corrected chi connectivity index (χ0v) is 13.7. The zero-order valence-electron chi connectivity index (χ0n) is 13.7. The zero-order chi connectivity index (χ0) is 17.4. The first-order chi connectivity index (χ1) is 11.6. The van der Waals surface area contributed by atoms with E-state index in [0.717, 1.165) is 0 Å². The Morgan fingerprint density at radius 3 is 1.83 bits per heavy atom. The van der Waals surface area contributed by atoms with Crippen molar-refractivity contribution in [1.29, 1.82) is 0 Å². The molecule has 3 aromatic rings. The van der Waals surface area contributed by atoms with Gasteiger partial charge in [0.05, 0.1) is 7.11 Å². The van der Waals surface area contributed by atoms with Gasteiger partial charge in [0.25, 0.3) is 0 Å². The minimum absolute atomic E-state index is 0.200. The largest absolute Gasteiger partial charge is 0.464 e. The summed E-state index contributed by atoms with van der Waals surface area (Å²) in [6, 6.07) is 23.4. The highest BCUT2D eigenvalue weighted by Crippen LogP contribution is 2.17. The maximum atomic E-state index is 11.0. The Morgan fingerprint density at radius 2 is 1.38 bits per heavy atom. The van der Waals surface area contributed by atoms with Gasteiger partial charge in [0.15, 0.2) is 5.43 Å². The van der Waals surface area contributed by atoms with Gasteiger partial charge in [-0.05, 0) is 11.1 Å². The first kappa shape index (κ1) is 17.2. The Balaban J connectivity index is 0.000000174. The number of aryl methyl sites for hydroxylation is 1. The molecule has 122 valence electrons. The molecule has 0 fully saturated rings. The van der Waals surface area contributed by atoms with Crippen molar-refractivity contribution in [1.82, 2.24) is 4.57 Å². The molecule has 0 unspecified atom stereocenters. The lowest BCUT2D eigenvalue weighted by Crippen LogP contribution is -2.14. The van der Waals surface area contributed by atoms with Gasteiger partial charge in [-0.15, -0.1) is 0 Å². The number of ether oxygens (including phenoxy) is 1. The van der Waals surface area contributed by atoms with Gasteiger partial charge in [-0.3, -0.25) is 4.79 Å². The molecule has 0 spiro atoms. The fraction of sp³-hybridized carbons (Fsp3) is 0.100. The average molecular weight is 321 g/mol. The Morgan fingerprint density at radius 1 is 0.875 bits per heavy atom. The van der Waals surface area contributed by atoms with E-state index in [2.05, 4.69) is 53.3 Å². The van der Waals surface area contributed by atoms with Crippen LogP contribution in [-0.4, -0.2) is 17.6 Å². The van der Waals surface area contributed by atoms with Crippen LogP contribution >= 0.6 is 0 Å². The van der Waals surface area contributed by atoms with E-state index in [-0.39, 0.29) is 11.1 Å². The van der Waals surface area contributed by atoms with Crippen molar-refractivity contribution < 1.29 is 9.53 Å². The van der Waals surface area contributed by atoms with Gasteiger partial charge in [-0.1, -0.05) is 60.7 Å². The molecule has 1 aromatic heterocycles. The molecule has 4 heteroatoms. The summed E-state index contributed by atoms with van der Waals surface area (Å²) in [7, 11) is 2.95. The standard InChI is InChI=1S/C12H10.C8H9NO3/c1-3-7-11(8-4-1)12-9-5-2-6-10-12;1-9-4-3-6(10)5-7(9)8(11)12-2/h1-10H;3-5H,1-2H3. The van der Waals surface area contributed by atoms with Crippen molar-refractivity contribution in [2.75, 3.05) is 7.11 Å². The molecular formula is C20H19NO3. The molecule has 0 saturated carbocycles. The summed E-state index contributed by atoms with van der Waals surface area (Å²) in [5, 5.41) is 0. The van der Waals surface area contributed by atoms with Crippen LogP contribution in [0.4, 0.5) is 0 Å². The minimum atomic E-state index is -0.504. The van der Waals surface area contributed by atoms with Crippen LogP contribution in [0.25, 0.3) is 11.1 Å². The number of esters is 1. The van der Waals surface area contributed by atoms with Crippen LogP contribution in [0.15, 0.2) is 83.8 Å². The number of hydrogen-bond donors (Lipinski definition) is 0. The van der Waals surface area contributed by atoms with Gasteiger partial charge in [-0.25, -0.2) is 4.79 Å². The summed E-state index contributed by atoms with van der Waals surface area (Å²) in [5.41, 5.74) is 2.61. The lowest BCUT2D eigenvalue weighted by atomic mass is 10.1. The normalized spacial score (nSPS) is 9.58. The van der Waals surface area contributed by atoms with Crippen molar-refractivity contribution >= 4 is 5.97 Å². The first-order valence-electron chi connectivity index (χ1n) is 7.47. The van der Waals surface area contributed by atoms with Crippen LogP contribution in [-0.2, 0) is 11.8 Å². The van der Waals surface area contributed by atoms with E-state index in [0.29, 0.717) is 0 Å². The Hall–Kier alpha value is -3.14. The van der Waals surface area contributed by atoms with Gasteiger partial charge in [-0.2, -0.15) is 0 Å². The summed E-state index contributed by atoms with van der Waals surface area (Å²) in [5.74, 6) is -0.504. The van der Waals surface area contributed by atoms with Gasteiger partial charge in [0.1, 0.15) is 5.69 Å². The molecule has 0 aliphatic heterocycles. The predicted molar refractivity (Wildman–Crippen MR) is 94.9 cm³/mol. The summed E-state index contributed by atoms with van der Waals surface area (Å²) in [6.07, 6.45) is 1.52. The molecule has 0 atom stereocenters. The number of methoxy groups -OCH3 is 1. The Labute approximate surface area is 141 Å². The maximum Gasteiger partial charge on any atom is 0.354 e. The predicted octanol–water partition coefficient (Wildman–Crippen LogP) is 3.53. The molecule has 0 amide bonds. The van der Waals surface area contributed by atoms with E-state index in [1.54, 1.807) is 7.05 Å². The summed E-state index contributed by atoms with van der Waals surface area (Å²) >= 11 is 0. The second kappa shape index (κ2) is 8.48. The third-order valence-electron chi connectivity index (χ3n) is 3.40. The topological polar surface area (TPSA) is 48.3 Å². The number of rotatable bonds is 2. The van der Waals surface area contributed by atoms with Gasteiger partial charge in [0, 0.05) is 25.4 Å². The third-order valence-corrected chi connectivity index (χ3v) is 3.40. The number of pyridine rings is 1. The van der Waals surface area contributed by atoms with Crippen molar-refractivity contribution in [2.45, 2.75) is 0 Å². The van der Waals surface area contributed by atoms with Gasteiger partial charge in [0.2, 0.25) is 0 Å². The van der Waals surface area contributed by atoms with Crippen LogP contribution in [0.1, 0.15) is 10.5 Å². The molecule has 0 bridgehead atoms. The molecule has 0 radical (unpaired) electrons. The fourth-order valence-electron chi connectivity index (χ4n) is 2.12. The SMILES string of the molecule is COC(=O)c1cc(=O)ccn1C.c1ccc(-c2ccccc2)cc1. The quantitative estimate of drug-likeness (QED) is 0.679. The van der Waals surface area contributed by atoms with E-state index < -0.39 is 5.97 Å². The average Bonchev–Trinajstić information content (AvgIpc) is 2.65. The maximum absolute atomic E-state index is 11.0. The van der Waals surface area contributed by atoms with Crippen molar-refractivity contribution in [2.24, 2.45) is 7.05 Å². The minimum Gasteiger partial charge on any atom is -0.464 e. The van der Waals surface area contributed by atoms with Crippen LogP contribution in [0.5, 0.6) is 0 Å². The molecule has 1 heterocycles. The molecule has 24 heavy (non-hydrogen) atoms. The Kier molecular flexibility index (Phi) is 6.08. The molecule has 4 nitrogen and oxygen atoms in total. The second-order valence-corrected chi connectivity index (χ2v) is 5.08. The molecule has 0 saturated heterocycles. The van der Waals surface area contributed by atoms with E-state index >= 15 is 0 Å². The number of nitrogens with zero attached hydrogens (tertiary/aromatic N) is 1. The summed E-state index contributed by atoms with van der Waals surface area (Å²) in [4.78, 5) is 21.8. The van der Waals surface area contributed by atoms with E-state index in [4.69, 9.17) is 0 Å². The van der Waals surface area contributed by atoms with Crippen molar-refractivity contribution in [3.05, 3.63) is 94.9 Å². The Bertz CT molecular complexity index is 802. The smallest absolute Gasteiger partial charge is 0.354 e. The fourth-order valence-corrected chi connectivity index (χ4v) is 2.12. The molecule has 0 aliphatic rings. The molecule has 2 aromatic carbocycles. The number of aromatic nitrogens is 1. The highest BCUT2D eigenvalue weighted by Gasteiger charge is 2.07. The summed E-state index contributed by atoms with van der Waals surface area (Å²) in [6.45, 7) is 0. The number of carbonyl (C=O) groups is 1. The van der Waals surface area contributed by atoms with E-state index in [1.165, 1.54) is 41.1 Å². The second-order valence-electron chi connectivity index (χ2n) is 5.08. The van der Waals surface area contributed by atoms with E-state index in [9.17, 15) is 9.59 Å². The van der Waals surface area contributed by atoms with Gasteiger partial charge >= 0.3 is 5.97 Å². The van der Waals surface area contributed by atoms with Crippen LogP contribution in [0, 0.1) is 0 Å². The van der Waals surface area contributed by atoms with Crippen LogP contribution in [0.2, 0.25) is 0 Å². The molecule has 0 N–H and O–H groups in total. The molecule has 0 aliphatic carbocycles. The molecular weight excluding hydrogens is 302 g/mol. The summed E-state index contributed by atoms with van der Waals surface area (Å²) < 4.78 is 6.01. The van der Waals surface area contributed by atoms with Crippen LogP contribution < -0.4 is 5.43 Å². The van der Waals surface area contributed by atoms with E-state index in [1.807, 2.05) is 12.1 Å². The number of hydrogen-bond acceptors (Lipinski definition) is 3. The molecule has 3 rings (SSSR count). The lowest BCUT2D eigenvalue weighted by Gasteiger charge is -2.04. The van der Waals surface area contributed by atoms with Crippen molar-refractivity contribution in [3.8, 4) is 11.1 Å². The van der Waals surface area contributed by atoms with Crippen LogP contribution in [0.3, 0.4) is 0 Å². The monoisotopic (exact) mass is 321 g/mol. The van der Waals surface area contributed by atoms with Crippen molar-refractivity contribution in [3.63, 3.8) is 0 Å². The third kappa shape index (κ3) is 4.68. The highest BCUT2D eigenvalue weighted by atomic mass is 16.5. The number of benzene rings is 2. The highest BCUT2D eigenvalue weighted by molar-refractivity contribution is 5.87.